The predicted molar refractivity (Wildman–Crippen MR) is 61.0 cm³/mol. The summed E-state index contributed by atoms with van der Waals surface area (Å²) in [5.41, 5.74) is 1.53. The zero-order valence-corrected chi connectivity index (χ0v) is 8.91. The molecule has 0 atom stereocenters. The summed E-state index contributed by atoms with van der Waals surface area (Å²) in [6, 6.07) is 13.2. The van der Waals surface area contributed by atoms with E-state index in [2.05, 4.69) is 0 Å². The average Bonchev–Trinajstić information content (AvgIpc) is 2.29. The van der Waals surface area contributed by atoms with Crippen molar-refractivity contribution >= 4 is 5.78 Å². The lowest BCUT2D eigenvalue weighted by atomic mass is 9.99. The molecule has 0 saturated heterocycles. The number of halogens is 1. The van der Waals surface area contributed by atoms with Crippen LogP contribution in [0.3, 0.4) is 0 Å². The maximum Gasteiger partial charge on any atom is 0.196 e. The van der Waals surface area contributed by atoms with Crippen molar-refractivity contribution in [1.29, 1.82) is 0 Å². The van der Waals surface area contributed by atoms with Crippen molar-refractivity contribution in [2.24, 2.45) is 0 Å². The highest BCUT2D eigenvalue weighted by atomic mass is 19.1. The van der Waals surface area contributed by atoms with E-state index in [1.54, 1.807) is 24.3 Å². The molecule has 0 bridgehead atoms. The lowest BCUT2D eigenvalue weighted by Crippen LogP contribution is -2.05. The molecule has 0 aliphatic carbocycles. The molecule has 1 nitrogen and oxygen atoms in total. The Labute approximate surface area is 93.5 Å². The lowest BCUT2D eigenvalue weighted by Gasteiger charge is -2.05. The number of hydrogen-bond acceptors (Lipinski definition) is 1. The van der Waals surface area contributed by atoms with Gasteiger partial charge < -0.3 is 0 Å². The summed E-state index contributed by atoms with van der Waals surface area (Å²) in [7, 11) is 0. The van der Waals surface area contributed by atoms with Gasteiger partial charge in [0, 0.05) is 5.56 Å². The van der Waals surface area contributed by atoms with Crippen molar-refractivity contribution in [3.05, 3.63) is 71.0 Å². The van der Waals surface area contributed by atoms with E-state index in [-0.39, 0.29) is 11.3 Å². The minimum atomic E-state index is -0.476. The van der Waals surface area contributed by atoms with Gasteiger partial charge in [0.05, 0.1) is 5.56 Å². The van der Waals surface area contributed by atoms with Crippen molar-refractivity contribution in [3.8, 4) is 0 Å². The Morgan fingerprint density at radius 2 is 1.50 bits per heavy atom. The van der Waals surface area contributed by atoms with E-state index < -0.39 is 5.82 Å². The fraction of sp³-hybridized carbons (Fsp3) is 0.0714. The Hall–Kier alpha value is -1.96. The third kappa shape index (κ3) is 1.87. The van der Waals surface area contributed by atoms with E-state index in [1.165, 1.54) is 12.1 Å². The number of benzene rings is 2. The van der Waals surface area contributed by atoms with Crippen LogP contribution in [-0.2, 0) is 0 Å². The van der Waals surface area contributed by atoms with Gasteiger partial charge in [-0.15, -0.1) is 0 Å². The number of ketones is 1. The van der Waals surface area contributed by atoms with E-state index in [1.807, 2.05) is 19.1 Å². The third-order valence-corrected chi connectivity index (χ3v) is 2.51. The monoisotopic (exact) mass is 214 g/mol. The van der Waals surface area contributed by atoms with Crippen LogP contribution in [0, 0.1) is 12.7 Å². The fourth-order valence-electron chi connectivity index (χ4n) is 1.62. The van der Waals surface area contributed by atoms with Gasteiger partial charge in [-0.05, 0) is 24.6 Å². The summed E-state index contributed by atoms with van der Waals surface area (Å²) < 4.78 is 13.4. The molecule has 0 N–H and O–H groups in total. The normalized spacial score (nSPS) is 10.1. The van der Waals surface area contributed by atoms with Gasteiger partial charge in [0.15, 0.2) is 5.78 Å². The second-order valence-corrected chi connectivity index (χ2v) is 3.62. The Kier molecular flexibility index (Phi) is 2.82. The van der Waals surface area contributed by atoms with Crippen molar-refractivity contribution in [2.45, 2.75) is 6.92 Å². The Morgan fingerprint density at radius 3 is 2.12 bits per heavy atom. The molecule has 0 aliphatic heterocycles. The van der Waals surface area contributed by atoms with E-state index in [9.17, 15) is 9.18 Å². The summed E-state index contributed by atoms with van der Waals surface area (Å²) in [6.07, 6.45) is 0. The summed E-state index contributed by atoms with van der Waals surface area (Å²) in [5.74, 6) is -0.744. The summed E-state index contributed by atoms with van der Waals surface area (Å²) >= 11 is 0. The zero-order chi connectivity index (χ0) is 11.5. The molecule has 16 heavy (non-hydrogen) atoms. The van der Waals surface area contributed by atoms with Crippen LogP contribution in [0.2, 0.25) is 0 Å². The smallest absolute Gasteiger partial charge is 0.196 e. The summed E-state index contributed by atoms with van der Waals surface area (Å²) in [5, 5.41) is 0. The number of hydrogen-bond donors (Lipinski definition) is 0. The van der Waals surface area contributed by atoms with E-state index in [4.69, 9.17) is 0 Å². The minimum absolute atomic E-state index is 0.122. The third-order valence-electron chi connectivity index (χ3n) is 2.51. The molecule has 0 radical (unpaired) electrons. The van der Waals surface area contributed by atoms with Crippen LogP contribution < -0.4 is 0 Å². The van der Waals surface area contributed by atoms with Crippen LogP contribution in [0.5, 0.6) is 0 Å². The number of rotatable bonds is 2. The Bertz CT molecular complexity index is 484. The molecule has 0 amide bonds. The molecule has 0 aliphatic rings. The highest BCUT2D eigenvalue weighted by molar-refractivity contribution is 6.10. The van der Waals surface area contributed by atoms with Gasteiger partial charge >= 0.3 is 0 Å². The first-order chi connectivity index (χ1) is 7.70. The van der Waals surface area contributed by atoms with Gasteiger partial charge in [-0.1, -0.05) is 36.4 Å². The molecule has 0 aromatic heterocycles. The molecule has 80 valence electrons. The lowest BCUT2D eigenvalue weighted by molar-refractivity contribution is 0.103. The molecule has 0 unspecified atom stereocenters. The molecular formula is C14H11FO. The zero-order valence-electron chi connectivity index (χ0n) is 8.91. The first kappa shape index (κ1) is 10.6. The molecule has 2 aromatic carbocycles. The standard InChI is InChI=1S/C14H11FO/c1-10-6-2-3-7-11(10)14(16)12-8-4-5-9-13(12)15/h2-9H,1H3. The number of carbonyl (C=O) groups is 1. The molecule has 2 aromatic rings. The van der Waals surface area contributed by atoms with E-state index in [0.29, 0.717) is 5.56 Å². The average molecular weight is 214 g/mol. The second-order valence-electron chi connectivity index (χ2n) is 3.62. The minimum Gasteiger partial charge on any atom is -0.288 e. The van der Waals surface area contributed by atoms with E-state index >= 15 is 0 Å². The molecule has 0 heterocycles. The van der Waals surface area contributed by atoms with E-state index in [0.717, 1.165) is 5.56 Å². The Morgan fingerprint density at radius 1 is 0.938 bits per heavy atom. The number of carbonyl (C=O) groups excluding carboxylic acids is 1. The van der Waals surface area contributed by atoms with Gasteiger partial charge in [-0.25, -0.2) is 4.39 Å². The maximum absolute atomic E-state index is 13.4. The SMILES string of the molecule is Cc1ccccc1C(=O)c1ccccc1F. The summed E-state index contributed by atoms with van der Waals surface area (Å²) in [4.78, 5) is 12.0. The fourth-order valence-corrected chi connectivity index (χ4v) is 1.62. The van der Waals surface area contributed by atoms with Crippen molar-refractivity contribution < 1.29 is 9.18 Å². The van der Waals surface area contributed by atoms with Gasteiger partial charge in [0.2, 0.25) is 0 Å². The van der Waals surface area contributed by atoms with Gasteiger partial charge in [0.25, 0.3) is 0 Å². The van der Waals surface area contributed by atoms with Crippen LogP contribution in [0.25, 0.3) is 0 Å². The highest BCUT2D eigenvalue weighted by Gasteiger charge is 2.14. The summed E-state index contributed by atoms with van der Waals surface area (Å²) in [6.45, 7) is 1.84. The Balaban J connectivity index is 2.48. The van der Waals surface area contributed by atoms with Crippen molar-refractivity contribution in [2.75, 3.05) is 0 Å². The van der Waals surface area contributed by atoms with Gasteiger partial charge in [-0.2, -0.15) is 0 Å². The van der Waals surface area contributed by atoms with Crippen LogP contribution in [0.4, 0.5) is 4.39 Å². The van der Waals surface area contributed by atoms with Crippen LogP contribution in [-0.4, -0.2) is 5.78 Å². The van der Waals surface area contributed by atoms with Crippen molar-refractivity contribution in [1.82, 2.24) is 0 Å². The molecule has 2 rings (SSSR count). The van der Waals surface area contributed by atoms with Crippen LogP contribution in [0.15, 0.2) is 48.5 Å². The van der Waals surface area contributed by atoms with Crippen molar-refractivity contribution in [3.63, 3.8) is 0 Å². The van der Waals surface area contributed by atoms with Crippen LogP contribution >= 0.6 is 0 Å². The first-order valence-corrected chi connectivity index (χ1v) is 5.05. The van der Waals surface area contributed by atoms with Crippen LogP contribution in [0.1, 0.15) is 21.5 Å². The van der Waals surface area contributed by atoms with Gasteiger partial charge in [-0.3, -0.25) is 4.79 Å². The number of aryl methyl sites for hydroxylation is 1. The molecule has 0 fully saturated rings. The van der Waals surface area contributed by atoms with Gasteiger partial charge in [0.1, 0.15) is 5.82 Å². The maximum atomic E-state index is 13.4. The predicted octanol–water partition coefficient (Wildman–Crippen LogP) is 3.37. The molecule has 0 saturated carbocycles. The second kappa shape index (κ2) is 4.27. The highest BCUT2D eigenvalue weighted by Crippen LogP contribution is 2.15. The molecule has 0 spiro atoms. The molecular weight excluding hydrogens is 203 g/mol. The first-order valence-electron chi connectivity index (χ1n) is 5.05. The largest absolute Gasteiger partial charge is 0.288 e. The molecule has 2 heteroatoms. The quantitative estimate of drug-likeness (QED) is 0.700. The topological polar surface area (TPSA) is 17.1 Å².